The van der Waals surface area contributed by atoms with Crippen LogP contribution in [0.1, 0.15) is 45.9 Å². The molecule has 140 valence electrons. The number of aryl methyl sites for hydroxylation is 2. The SMILES string of the molecule is Cc1noc(C)c1COc1cccc(C(=O)N(C)C(C)c2ccccc2)c1. The minimum absolute atomic E-state index is 0.0226. The second kappa shape index (κ2) is 8.08. The second-order valence-corrected chi connectivity index (χ2v) is 6.62. The summed E-state index contributed by atoms with van der Waals surface area (Å²) in [4.78, 5) is 14.6. The van der Waals surface area contributed by atoms with Gasteiger partial charge in [0, 0.05) is 12.6 Å². The number of benzene rings is 2. The zero-order valence-corrected chi connectivity index (χ0v) is 16.1. The molecular weight excluding hydrogens is 340 g/mol. The number of aromatic nitrogens is 1. The van der Waals surface area contributed by atoms with Gasteiger partial charge in [-0.05, 0) is 44.5 Å². The Bertz CT molecular complexity index is 899. The number of ether oxygens (including phenoxy) is 1. The predicted molar refractivity (Wildman–Crippen MR) is 104 cm³/mol. The maximum atomic E-state index is 12.9. The van der Waals surface area contributed by atoms with Gasteiger partial charge >= 0.3 is 0 Å². The van der Waals surface area contributed by atoms with Crippen molar-refractivity contribution in [3.63, 3.8) is 0 Å². The first-order valence-corrected chi connectivity index (χ1v) is 8.94. The van der Waals surface area contributed by atoms with Crippen LogP contribution in [0.3, 0.4) is 0 Å². The summed E-state index contributed by atoms with van der Waals surface area (Å²) in [5.74, 6) is 1.34. The summed E-state index contributed by atoms with van der Waals surface area (Å²) in [6.45, 7) is 6.12. The number of hydrogen-bond acceptors (Lipinski definition) is 4. The molecule has 0 aliphatic carbocycles. The Labute approximate surface area is 159 Å². The van der Waals surface area contributed by atoms with Gasteiger partial charge in [0.25, 0.3) is 5.91 Å². The van der Waals surface area contributed by atoms with E-state index in [-0.39, 0.29) is 11.9 Å². The van der Waals surface area contributed by atoms with Gasteiger partial charge in [-0.25, -0.2) is 0 Å². The molecule has 27 heavy (non-hydrogen) atoms. The van der Waals surface area contributed by atoms with Crippen molar-refractivity contribution in [2.75, 3.05) is 7.05 Å². The van der Waals surface area contributed by atoms with Gasteiger partial charge in [0.15, 0.2) is 0 Å². The summed E-state index contributed by atoms with van der Waals surface area (Å²) < 4.78 is 11.0. The normalized spacial score (nSPS) is 11.9. The lowest BCUT2D eigenvalue weighted by Gasteiger charge is -2.25. The molecule has 3 aromatic rings. The predicted octanol–water partition coefficient (Wildman–Crippen LogP) is 4.70. The van der Waals surface area contributed by atoms with E-state index in [1.165, 1.54) is 0 Å². The van der Waals surface area contributed by atoms with Gasteiger partial charge in [0.1, 0.15) is 18.1 Å². The third-order valence-corrected chi connectivity index (χ3v) is 4.83. The Balaban J connectivity index is 1.71. The highest BCUT2D eigenvalue weighted by atomic mass is 16.5. The molecule has 1 aromatic heterocycles. The Morgan fingerprint density at radius 2 is 1.89 bits per heavy atom. The Kier molecular flexibility index (Phi) is 5.60. The molecule has 0 saturated carbocycles. The van der Waals surface area contributed by atoms with Crippen LogP contribution in [0.15, 0.2) is 59.1 Å². The van der Waals surface area contributed by atoms with Crippen molar-refractivity contribution < 1.29 is 14.1 Å². The van der Waals surface area contributed by atoms with Crippen LogP contribution < -0.4 is 4.74 Å². The maximum absolute atomic E-state index is 12.9. The van der Waals surface area contributed by atoms with E-state index in [0.29, 0.717) is 17.9 Å². The van der Waals surface area contributed by atoms with E-state index in [4.69, 9.17) is 9.26 Å². The molecule has 3 rings (SSSR count). The first-order valence-electron chi connectivity index (χ1n) is 8.94. The topological polar surface area (TPSA) is 55.6 Å². The smallest absolute Gasteiger partial charge is 0.254 e. The summed E-state index contributed by atoms with van der Waals surface area (Å²) in [7, 11) is 1.82. The molecule has 0 spiro atoms. The van der Waals surface area contributed by atoms with E-state index in [9.17, 15) is 4.79 Å². The van der Waals surface area contributed by atoms with Gasteiger partial charge in [0.05, 0.1) is 17.3 Å². The van der Waals surface area contributed by atoms with Crippen LogP contribution in [0.4, 0.5) is 0 Å². The fourth-order valence-electron chi connectivity index (χ4n) is 2.92. The minimum atomic E-state index is -0.0471. The molecular formula is C22H24N2O3. The molecule has 0 aliphatic heterocycles. The van der Waals surface area contributed by atoms with Gasteiger partial charge < -0.3 is 14.2 Å². The van der Waals surface area contributed by atoms with Crippen molar-refractivity contribution in [2.24, 2.45) is 0 Å². The first kappa shape index (κ1) is 18.7. The van der Waals surface area contributed by atoms with Crippen molar-refractivity contribution >= 4 is 5.91 Å². The van der Waals surface area contributed by atoms with Crippen LogP contribution in [-0.2, 0) is 6.61 Å². The molecule has 0 N–H and O–H groups in total. The lowest BCUT2D eigenvalue weighted by Crippen LogP contribution is -2.29. The molecule has 0 fully saturated rings. The van der Waals surface area contributed by atoms with Gasteiger partial charge in [0.2, 0.25) is 0 Å². The highest BCUT2D eigenvalue weighted by Gasteiger charge is 2.19. The maximum Gasteiger partial charge on any atom is 0.254 e. The van der Waals surface area contributed by atoms with Crippen molar-refractivity contribution in [1.82, 2.24) is 10.1 Å². The van der Waals surface area contributed by atoms with Crippen LogP contribution in [0, 0.1) is 13.8 Å². The summed E-state index contributed by atoms with van der Waals surface area (Å²) >= 11 is 0. The number of rotatable bonds is 6. The lowest BCUT2D eigenvalue weighted by molar-refractivity contribution is 0.0742. The van der Waals surface area contributed by atoms with Gasteiger partial charge in [-0.3, -0.25) is 4.79 Å². The monoisotopic (exact) mass is 364 g/mol. The average Bonchev–Trinajstić information content (AvgIpc) is 3.03. The fourth-order valence-corrected chi connectivity index (χ4v) is 2.92. The number of amides is 1. The molecule has 1 heterocycles. The molecule has 2 aromatic carbocycles. The largest absolute Gasteiger partial charge is 0.489 e. The highest BCUT2D eigenvalue weighted by Crippen LogP contribution is 2.23. The highest BCUT2D eigenvalue weighted by molar-refractivity contribution is 5.94. The standard InChI is InChI=1S/C22H24N2O3/c1-15-21(17(3)27-23-15)14-26-20-12-8-11-19(13-20)22(25)24(4)16(2)18-9-6-5-7-10-18/h5-13,16H,14H2,1-4H3. The van der Waals surface area contributed by atoms with E-state index in [1.807, 2.05) is 70.3 Å². The first-order chi connectivity index (χ1) is 13.0. The molecule has 5 heteroatoms. The third-order valence-electron chi connectivity index (χ3n) is 4.83. The molecule has 0 aliphatic rings. The summed E-state index contributed by atoms with van der Waals surface area (Å²) in [6.07, 6.45) is 0. The van der Waals surface area contributed by atoms with Crippen LogP contribution in [0.5, 0.6) is 5.75 Å². The molecule has 0 saturated heterocycles. The fraction of sp³-hybridized carbons (Fsp3) is 0.273. The summed E-state index contributed by atoms with van der Waals surface area (Å²) in [5.41, 5.74) is 3.44. The molecule has 1 atom stereocenters. The zero-order chi connectivity index (χ0) is 19.4. The minimum Gasteiger partial charge on any atom is -0.489 e. The Hall–Kier alpha value is -3.08. The quantitative estimate of drug-likeness (QED) is 0.636. The van der Waals surface area contributed by atoms with E-state index in [2.05, 4.69) is 5.16 Å². The van der Waals surface area contributed by atoms with Gasteiger partial charge in [-0.15, -0.1) is 0 Å². The van der Waals surface area contributed by atoms with Crippen molar-refractivity contribution in [3.8, 4) is 5.75 Å². The van der Waals surface area contributed by atoms with Crippen LogP contribution in [0.2, 0.25) is 0 Å². The Morgan fingerprint density at radius 3 is 2.56 bits per heavy atom. The van der Waals surface area contributed by atoms with E-state index in [1.54, 1.807) is 17.0 Å². The van der Waals surface area contributed by atoms with Crippen LogP contribution in [0.25, 0.3) is 0 Å². The van der Waals surface area contributed by atoms with Crippen LogP contribution >= 0.6 is 0 Å². The number of nitrogens with zero attached hydrogens (tertiary/aromatic N) is 2. The number of carbonyl (C=O) groups excluding carboxylic acids is 1. The molecule has 1 unspecified atom stereocenters. The van der Waals surface area contributed by atoms with E-state index >= 15 is 0 Å². The van der Waals surface area contributed by atoms with Gasteiger partial charge in [-0.2, -0.15) is 0 Å². The number of hydrogen-bond donors (Lipinski definition) is 0. The molecule has 0 radical (unpaired) electrons. The summed E-state index contributed by atoms with van der Waals surface area (Å²) in [6, 6.07) is 17.2. The third kappa shape index (κ3) is 4.19. The molecule has 1 amide bonds. The van der Waals surface area contributed by atoms with E-state index < -0.39 is 0 Å². The van der Waals surface area contributed by atoms with Crippen molar-refractivity contribution in [1.29, 1.82) is 0 Å². The van der Waals surface area contributed by atoms with Crippen molar-refractivity contribution in [2.45, 2.75) is 33.4 Å². The van der Waals surface area contributed by atoms with Crippen molar-refractivity contribution in [3.05, 3.63) is 82.7 Å². The van der Waals surface area contributed by atoms with Gasteiger partial charge in [-0.1, -0.05) is 41.6 Å². The second-order valence-electron chi connectivity index (χ2n) is 6.62. The molecule has 0 bridgehead atoms. The zero-order valence-electron chi connectivity index (χ0n) is 16.1. The van der Waals surface area contributed by atoms with E-state index in [0.717, 1.165) is 22.6 Å². The molecule has 5 nitrogen and oxygen atoms in total. The number of carbonyl (C=O) groups is 1. The lowest BCUT2D eigenvalue weighted by atomic mass is 10.1. The summed E-state index contributed by atoms with van der Waals surface area (Å²) in [5, 5.41) is 3.93. The Morgan fingerprint density at radius 1 is 1.15 bits per heavy atom. The van der Waals surface area contributed by atoms with Crippen LogP contribution in [-0.4, -0.2) is 23.0 Å². The average molecular weight is 364 g/mol.